The van der Waals surface area contributed by atoms with Crippen molar-refractivity contribution in [2.75, 3.05) is 12.9 Å². The molecule has 0 aliphatic heterocycles. The lowest BCUT2D eigenvalue weighted by Gasteiger charge is -2.10. The highest BCUT2D eigenvalue weighted by Crippen LogP contribution is 2.54. The number of carbonyl (C=O) groups is 1. The van der Waals surface area contributed by atoms with Crippen molar-refractivity contribution in [3.8, 4) is 0 Å². The lowest BCUT2D eigenvalue weighted by atomic mass is 10.1. The Morgan fingerprint density at radius 3 is 2.40 bits per heavy atom. The molecule has 1 saturated carbocycles. The molecule has 5 nitrogen and oxygen atoms in total. The van der Waals surface area contributed by atoms with E-state index in [2.05, 4.69) is 15.9 Å². The fraction of sp³-hybridized carbons (Fsp3) is 0.462. The molecule has 0 heterocycles. The molecule has 1 aromatic rings. The fourth-order valence-corrected chi connectivity index (χ4v) is 4.61. The van der Waals surface area contributed by atoms with Crippen molar-refractivity contribution in [1.29, 1.82) is 0 Å². The van der Waals surface area contributed by atoms with Gasteiger partial charge in [0.1, 0.15) is 5.54 Å². The van der Waals surface area contributed by atoms with Gasteiger partial charge in [-0.15, -0.1) is 0 Å². The zero-order valence-electron chi connectivity index (χ0n) is 11.2. The maximum atomic E-state index is 12.0. The van der Waals surface area contributed by atoms with Crippen LogP contribution in [-0.4, -0.2) is 38.0 Å². The van der Waals surface area contributed by atoms with Crippen LogP contribution in [0.4, 0.5) is 0 Å². The Balaban J connectivity index is 2.41. The summed E-state index contributed by atoms with van der Waals surface area (Å²) in [6.07, 6.45) is 1.09. The zero-order valence-corrected chi connectivity index (χ0v) is 13.6. The van der Waals surface area contributed by atoms with E-state index in [-0.39, 0.29) is 6.61 Å². The van der Waals surface area contributed by atoms with Gasteiger partial charge in [0.2, 0.25) is 0 Å². The predicted molar refractivity (Wildman–Crippen MR) is 79.1 cm³/mol. The normalized spacial score (nSPS) is 29.0. The Labute approximate surface area is 126 Å². The molecule has 0 radical (unpaired) electrons. The molecule has 3 atom stereocenters. The minimum atomic E-state index is -3.45. The van der Waals surface area contributed by atoms with Crippen LogP contribution in [0.25, 0.3) is 0 Å². The number of carbonyl (C=O) groups excluding carboxylic acids is 1. The summed E-state index contributed by atoms with van der Waals surface area (Å²) in [5, 5.41) is -0.935. The standard InChI is InChI=1S/C13H16BrNO4S/c1-3-19-12(16)13(15)10(11(13)20(2,17)18)8-4-6-9(14)7-5-8/h4-7,10-11H,3,15H2,1-2H3/t10-,11+,13+/m1/s1. The molecule has 1 fully saturated rings. The zero-order chi connectivity index (χ0) is 15.1. The first-order valence-electron chi connectivity index (χ1n) is 6.13. The molecule has 0 unspecified atom stereocenters. The molecule has 110 valence electrons. The molecule has 1 aliphatic rings. The van der Waals surface area contributed by atoms with Crippen molar-refractivity contribution in [3.05, 3.63) is 34.3 Å². The van der Waals surface area contributed by atoms with Gasteiger partial charge in [0, 0.05) is 16.6 Å². The second-order valence-electron chi connectivity index (χ2n) is 4.93. The van der Waals surface area contributed by atoms with Crippen LogP contribution in [-0.2, 0) is 19.4 Å². The van der Waals surface area contributed by atoms with E-state index in [1.807, 2.05) is 0 Å². The molecule has 0 bridgehead atoms. The summed E-state index contributed by atoms with van der Waals surface area (Å²) in [5.41, 5.74) is 5.29. The number of ether oxygens (including phenoxy) is 1. The maximum Gasteiger partial charge on any atom is 0.328 e. The van der Waals surface area contributed by atoms with E-state index in [1.54, 1.807) is 31.2 Å². The quantitative estimate of drug-likeness (QED) is 0.814. The smallest absolute Gasteiger partial charge is 0.328 e. The number of hydrogen-bond donors (Lipinski definition) is 1. The van der Waals surface area contributed by atoms with Crippen LogP contribution in [0.2, 0.25) is 0 Å². The van der Waals surface area contributed by atoms with Gasteiger partial charge in [0.05, 0.1) is 11.9 Å². The van der Waals surface area contributed by atoms with Gasteiger partial charge in [-0.1, -0.05) is 28.1 Å². The van der Waals surface area contributed by atoms with Crippen LogP contribution in [0.5, 0.6) is 0 Å². The lowest BCUT2D eigenvalue weighted by Crippen LogP contribution is -2.41. The first kappa shape index (κ1) is 15.5. The first-order valence-corrected chi connectivity index (χ1v) is 8.88. The van der Waals surface area contributed by atoms with Gasteiger partial charge in [0.25, 0.3) is 0 Å². The summed E-state index contributed by atoms with van der Waals surface area (Å²) in [6.45, 7) is 1.83. The monoisotopic (exact) mass is 361 g/mol. The molecule has 0 saturated heterocycles. The van der Waals surface area contributed by atoms with E-state index in [0.29, 0.717) is 0 Å². The van der Waals surface area contributed by atoms with Gasteiger partial charge in [-0.25, -0.2) is 13.2 Å². The Morgan fingerprint density at radius 2 is 1.95 bits per heavy atom. The molecular formula is C13H16BrNO4S. The van der Waals surface area contributed by atoms with E-state index in [9.17, 15) is 13.2 Å². The van der Waals surface area contributed by atoms with Gasteiger partial charge >= 0.3 is 5.97 Å². The SMILES string of the molecule is CCOC(=O)[C@]1(N)[C@H](c2ccc(Br)cc2)[C@@H]1S(C)(=O)=O. The first-order chi connectivity index (χ1) is 9.22. The third kappa shape index (κ3) is 2.49. The summed E-state index contributed by atoms with van der Waals surface area (Å²) >= 11 is 3.31. The Morgan fingerprint density at radius 1 is 1.40 bits per heavy atom. The summed E-state index contributed by atoms with van der Waals surface area (Å²) in [7, 11) is -3.45. The average molecular weight is 362 g/mol. The molecule has 7 heteroatoms. The fourth-order valence-electron chi connectivity index (χ4n) is 2.60. The van der Waals surface area contributed by atoms with Crippen LogP contribution in [0, 0.1) is 0 Å². The summed E-state index contributed by atoms with van der Waals surface area (Å²) in [6, 6.07) is 7.11. The molecule has 0 spiro atoms. The highest BCUT2D eigenvalue weighted by molar-refractivity contribution is 9.10. The van der Waals surface area contributed by atoms with Gasteiger partial charge in [0.15, 0.2) is 9.84 Å². The molecule has 0 amide bonds. The van der Waals surface area contributed by atoms with E-state index in [0.717, 1.165) is 16.3 Å². The maximum absolute atomic E-state index is 12.0. The summed E-state index contributed by atoms with van der Waals surface area (Å²) < 4.78 is 29.5. The highest BCUT2D eigenvalue weighted by Gasteiger charge is 2.73. The molecule has 0 aromatic heterocycles. The van der Waals surface area contributed by atoms with Crippen molar-refractivity contribution in [2.24, 2.45) is 5.73 Å². The van der Waals surface area contributed by atoms with Crippen LogP contribution in [0.1, 0.15) is 18.4 Å². The lowest BCUT2D eigenvalue weighted by molar-refractivity contribution is -0.145. The number of rotatable bonds is 4. The number of sulfone groups is 1. The van der Waals surface area contributed by atoms with E-state index >= 15 is 0 Å². The van der Waals surface area contributed by atoms with Crippen molar-refractivity contribution < 1.29 is 17.9 Å². The molecule has 1 aliphatic carbocycles. The second kappa shape index (κ2) is 5.13. The number of halogens is 1. The van der Waals surface area contributed by atoms with Crippen molar-refractivity contribution in [3.63, 3.8) is 0 Å². The van der Waals surface area contributed by atoms with E-state index in [4.69, 9.17) is 10.5 Å². The number of nitrogens with two attached hydrogens (primary N) is 1. The minimum Gasteiger partial charge on any atom is -0.465 e. The summed E-state index contributed by atoms with van der Waals surface area (Å²) in [4.78, 5) is 12.0. The Kier molecular flexibility index (Phi) is 3.96. The van der Waals surface area contributed by atoms with E-state index < -0.39 is 32.5 Å². The van der Waals surface area contributed by atoms with Crippen LogP contribution < -0.4 is 5.73 Å². The third-order valence-electron chi connectivity index (χ3n) is 3.50. The number of hydrogen-bond acceptors (Lipinski definition) is 5. The van der Waals surface area contributed by atoms with Crippen LogP contribution >= 0.6 is 15.9 Å². The molecule has 2 N–H and O–H groups in total. The summed E-state index contributed by atoms with van der Waals surface area (Å²) in [5.74, 6) is -1.23. The average Bonchev–Trinajstić information content (AvgIpc) is 2.99. The Bertz CT molecular complexity index is 628. The molecular weight excluding hydrogens is 346 g/mol. The minimum absolute atomic E-state index is 0.168. The number of esters is 1. The molecule has 20 heavy (non-hydrogen) atoms. The topological polar surface area (TPSA) is 86.5 Å². The van der Waals surface area contributed by atoms with Crippen molar-refractivity contribution in [1.82, 2.24) is 0 Å². The van der Waals surface area contributed by atoms with Gasteiger partial charge in [-0.3, -0.25) is 0 Å². The Hall–Kier alpha value is -0.920. The third-order valence-corrected chi connectivity index (χ3v) is 5.61. The van der Waals surface area contributed by atoms with Crippen LogP contribution in [0.15, 0.2) is 28.7 Å². The molecule has 2 rings (SSSR count). The molecule has 1 aromatic carbocycles. The van der Waals surface area contributed by atoms with Crippen molar-refractivity contribution >= 4 is 31.7 Å². The van der Waals surface area contributed by atoms with Gasteiger partial charge < -0.3 is 10.5 Å². The predicted octanol–water partition coefficient (Wildman–Crippen LogP) is 1.22. The van der Waals surface area contributed by atoms with Crippen molar-refractivity contribution in [2.45, 2.75) is 23.6 Å². The van der Waals surface area contributed by atoms with Gasteiger partial charge in [-0.2, -0.15) is 0 Å². The number of benzene rings is 1. The van der Waals surface area contributed by atoms with Crippen LogP contribution in [0.3, 0.4) is 0 Å². The highest BCUT2D eigenvalue weighted by atomic mass is 79.9. The van der Waals surface area contributed by atoms with Gasteiger partial charge in [-0.05, 0) is 24.6 Å². The largest absolute Gasteiger partial charge is 0.465 e. The second-order valence-corrected chi connectivity index (χ2v) is 8.02. The van der Waals surface area contributed by atoms with E-state index in [1.165, 1.54) is 0 Å².